The standard InChI is InChI=1S/C11H20N6O/c1-7(17(2)8-4-5-8)6-13-10-14-9(12)15-11(16-10)18-3/h7-8H,4-6H2,1-3H3,(H3,12,13,14,15,16). The van der Waals surface area contributed by atoms with Crippen LogP contribution in [0.5, 0.6) is 6.01 Å². The van der Waals surface area contributed by atoms with E-state index in [0.29, 0.717) is 12.0 Å². The van der Waals surface area contributed by atoms with Crippen molar-refractivity contribution in [3.8, 4) is 6.01 Å². The maximum Gasteiger partial charge on any atom is 0.322 e. The maximum atomic E-state index is 5.57. The number of anilines is 2. The summed E-state index contributed by atoms with van der Waals surface area (Å²) in [5.74, 6) is 0.614. The molecule has 0 bridgehead atoms. The quantitative estimate of drug-likeness (QED) is 0.755. The lowest BCUT2D eigenvalue weighted by Crippen LogP contribution is -2.36. The lowest BCUT2D eigenvalue weighted by molar-refractivity contribution is 0.257. The first-order chi connectivity index (χ1) is 8.60. The van der Waals surface area contributed by atoms with Crippen molar-refractivity contribution < 1.29 is 4.74 Å². The molecule has 1 aromatic heterocycles. The van der Waals surface area contributed by atoms with Crippen molar-refractivity contribution in [2.75, 3.05) is 31.8 Å². The molecule has 1 unspecified atom stereocenters. The second-order valence-corrected chi connectivity index (χ2v) is 4.63. The number of rotatable bonds is 6. The first-order valence-electron chi connectivity index (χ1n) is 6.11. The Labute approximate surface area is 107 Å². The number of methoxy groups -OCH3 is 1. The van der Waals surface area contributed by atoms with E-state index in [0.717, 1.165) is 12.6 Å². The zero-order valence-electron chi connectivity index (χ0n) is 11.1. The summed E-state index contributed by atoms with van der Waals surface area (Å²) in [5, 5.41) is 3.16. The fourth-order valence-corrected chi connectivity index (χ4v) is 1.77. The third-order valence-electron chi connectivity index (χ3n) is 3.19. The number of likely N-dealkylation sites (N-methyl/N-ethyl adjacent to an activating group) is 1. The molecule has 1 aromatic rings. The summed E-state index contributed by atoms with van der Waals surface area (Å²) in [6.07, 6.45) is 2.60. The Kier molecular flexibility index (Phi) is 3.81. The van der Waals surface area contributed by atoms with Crippen LogP contribution >= 0.6 is 0 Å². The van der Waals surface area contributed by atoms with E-state index in [2.05, 4.69) is 39.1 Å². The van der Waals surface area contributed by atoms with Gasteiger partial charge in [0, 0.05) is 18.6 Å². The molecule has 1 aliphatic carbocycles. The van der Waals surface area contributed by atoms with Gasteiger partial charge in [-0.05, 0) is 26.8 Å². The van der Waals surface area contributed by atoms with Gasteiger partial charge in [-0.1, -0.05) is 0 Å². The molecule has 1 atom stereocenters. The van der Waals surface area contributed by atoms with Crippen molar-refractivity contribution in [2.45, 2.75) is 31.8 Å². The fraction of sp³-hybridized carbons (Fsp3) is 0.727. The van der Waals surface area contributed by atoms with Crippen LogP contribution in [-0.2, 0) is 0 Å². The van der Waals surface area contributed by atoms with Gasteiger partial charge in [-0.2, -0.15) is 15.0 Å². The molecule has 2 rings (SSSR count). The predicted octanol–water partition coefficient (Wildman–Crippen LogP) is 0.357. The SMILES string of the molecule is COc1nc(N)nc(NCC(C)N(C)C2CC2)n1. The minimum atomic E-state index is 0.160. The molecule has 100 valence electrons. The van der Waals surface area contributed by atoms with E-state index in [-0.39, 0.29) is 12.0 Å². The van der Waals surface area contributed by atoms with Crippen LogP contribution in [0.3, 0.4) is 0 Å². The zero-order chi connectivity index (χ0) is 13.1. The van der Waals surface area contributed by atoms with Crippen LogP contribution in [0.4, 0.5) is 11.9 Å². The van der Waals surface area contributed by atoms with Gasteiger partial charge < -0.3 is 15.8 Å². The van der Waals surface area contributed by atoms with Gasteiger partial charge in [0.25, 0.3) is 0 Å². The van der Waals surface area contributed by atoms with Crippen molar-refractivity contribution in [1.82, 2.24) is 19.9 Å². The summed E-state index contributed by atoms with van der Waals surface area (Å²) < 4.78 is 4.95. The Morgan fingerprint density at radius 2 is 2.17 bits per heavy atom. The predicted molar refractivity (Wildman–Crippen MR) is 69.5 cm³/mol. The van der Waals surface area contributed by atoms with Gasteiger partial charge in [0.15, 0.2) is 0 Å². The molecule has 1 heterocycles. The van der Waals surface area contributed by atoms with E-state index in [9.17, 15) is 0 Å². The molecule has 3 N–H and O–H groups in total. The van der Waals surface area contributed by atoms with Crippen LogP contribution in [0.15, 0.2) is 0 Å². The Morgan fingerprint density at radius 1 is 1.44 bits per heavy atom. The lowest BCUT2D eigenvalue weighted by atomic mass is 10.3. The van der Waals surface area contributed by atoms with E-state index >= 15 is 0 Å². The molecule has 1 fully saturated rings. The van der Waals surface area contributed by atoms with Crippen molar-refractivity contribution in [3.05, 3.63) is 0 Å². The monoisotopic (exact) mass is 252 g/mol. The highest BCUT2D eigenvalue weighted by Gasteiger charge is 2.28. The van der Waals surface area contributed by atoms with Gasteiger partial charge in [0.05, 0.1) is 7.11 Å². The van der Waals surface area contributed by atoms with Gasteiger partial charge in [-0.3, -0.25) is 4.90 Å². The average Bonchev–Trinajstić information content (AvgIpc) is 3.18. The molecule has 1 aliphatic rings. The number of nitrogen functional groups attached to an aromatic ring is 1. The second kappa shape index (κ2) is 5.34. The van der Waals surface area contributed by atoms with Crippen LogP contribution in [0.25, 0.3) is 0 Å². The van der Waals surface area contributed by atoms with E-state index < -0.39 is 0 Å². The number of nitrogens with zero attached hydrogens (tertiary/aromatic N) is 4. The van der Waals surface area contributed by atoms with E-state index in [1.165, 1.54) is 20.0 Å². The molecule has 0 amide bonds. The number of aromatic nitrogens is 3. The van der Waals surface area contributed by atoms with Crippen LogP contribution in [0.1, 0.15) is 19.8 Å². The smallest absolute Gasteiger partial charge is 0.322 e. The summed E-state index contributed by atoms with van der Waals surface area (Å²) in [6, 6.07) is 1.38. The van der Waals surface area contributed by atoms with Crippen molar-refractivity contribution in [2.24, 2.45) is 0 Å². The minimum absolute atomic E-state index is 0.160. The summed E-state index contributed by atoms with van der Waals surface area (Å²) in [6.45, 7) is 2.94. The van der Waals surface area contributed by atoms with Crippen molar-refractivity contribution in [3.63, 3.8) is 0 Å². The van der Waals surface area contributed by atoms with Crippen LogP contribution < -0.4 is 15.8 Å². The van der Waals surface area contributed by atoms with Crippen LogP contribution in [0, 0.1) is 0 Å². The Morgan fingerprint density at radius 3 is 2.78 bits per heavy atom. The second-order valence-electron chi connectivity index (χ2n) is 4.63. The normalized spacial score (nSPS) is 16.7. The molecule has 0 aliphatic heterocycles. The molecule has 18 heavy (non-hydrogen) atoms. The number of hydrogen-bond acceptors (Lipinski definition) is 7. The highest BCUT2D eigenvalue weighted by molar-refractivity contribution is 5.32. The molecule has 1 saturated carbocycles. The zero-order valence-corrected chi connectivity index (χ0v) is 11.1. The number of nitrogens with two attached hydrogens (primary N) is 1. The van der Waals surface area contributed by atoms with E-state index in [4.69, 9.17) is 10.5 Å². The Hall–Kier alpha value is -1.63. The molecule has 7 heteroatoms. The summed E-state index contributed by atoms with van der Waals surface area (Å²) in [7, 11) is 3.65. The summed E-state index contributed by atoms with van der Waals surface area (Å²) in [5.41, 5.74) is 5.57. The largest absolute Gasteiger partial charge is 0.467 e. The molecular weight excluding hydrogens is 232 g/mol. The minimum Gasteiger partial charge on any atom is -0.467 e. The molecule has 7 nitrogen and oxygen atoms in total. The summed E-state index contributed by atoms with van der Waals surface area (Å²) in [4.78, 5) is 14.3. The van der Waals surface area contributed by atoms with Gasteiger partial charge in [0.1, 0.15) is 0 Å². The van der Waals surface area contributed by atoms with Crippen LogP contribution in [0.2, 0.25) is 0 Å². The van der Waals surface area contributed by atoms with E-state index in [1.807, 2.05) is 0 Å². The number of nitrogens with one attached hydrogen (secondary N) is 1. The third kappa shape index (κ3) is 3.19. The van der Waals surface area contributed by atoms with Crippen molar-refractivity contribution in [1.29, 1.82) is 0 Å². The van der Waals surface area contributed by atoms with Gasteiger partial charge in [-0.25, -0.2) is 0 Å². The molecule has 0 spiro atoms. The maximum absolute atomic E-state index is 5.57. The average molecular weight is 252 g/mol. The molecular formula is C11H20N6O. The Balaban J connectivity index is 1.90. The third-order valence-corrected chi connectivity index (χ3v) is 3.19. The molecule has 0 saturated heterocycles. The van der Waals surface area contributed by atoms with Gasteiger partial charge in [-0.15, -0.1) is 0 Å². The number of hydrogen-bond donors (Lipinski definition) is 2. The van der Waals surface area contributed by atoms with Crippen LogP contribution in [-0.4, -0.2) is 52.6 Å². The molecule has 0 aromatic carbocycles. The van der Waals surface area contributed by atoms with Crippen molar-refractivity contribution >= 4 is 11.9 Å². The first kappa shape index (κ1) is 12.8. The van der Waals surface area contributed by atoms with E-state index in [1.54, 1.807) is 0 Å². The number of ether oxygens (including phenoxy) is 1. The van der Waals surface area contributed by atoms with Gasteiger partial charge >= 0.3 is 6.01 Å². The lowest BCUT2D eigenvalue weighted by Gasteiger charge is -2.24. The summed E-state index contributed by atoms with van der Waals surface area (Å²) >= 11 is 0. The van der Waals surface area contributed by atoms with Gasteiger partial charge in [0.2, 0.25) is 11.9 Å². The first-order valence-corrected chi connectivity index (χ1v) is 6.11. The highest BCUT2D eigenvalue weighted by Crippen LogP contribution is 2.26. The highest BCUT2D eigenvalue weighted by atomic mass is 16.5. The topological polar surface area (TPSA) is 89.2 Å². The molecule has 0 radical (unpaired) electrons. The fourth-order valence-electron chi connectivity index (χ4n) is 1.77. The Bertz CT molecular complexity index is 409.